The Bertz CT molecular complexity index is 1570. The van der Waals surface area contributed by atoms with Crippen LogP contribution in [0.4, 0.5) is 5.69 Å². The number of hydrazine groups is 1. The molecule has 1 aliphatic rings. The lowest BCUT2D eigenvalue weighted by Gasteiger charge is -2.16. The molecule has 40 heavy (non-hydrogen) atoms. The quantitative estimate of drug-likeness (QED) is 0.0852. The molecule has 206 valence electrons. The number of nitrogens with one attached hydrogen (secondary N) is 1. The summed E-state index contributed by atoms with van der Waals surface area (Å²) in [6, 6.07) is 13.8. The Balaban J connectivity index is 1.49. The number of halogens is 4. The van der Waals surface area contributed by atoms with Crippen molar-refractivity contribution in [1.82, 2.24) is 10.4 Å². The van der Waals surface area contributed by atoms with Crippen LogP contribution in [-0.2, 0) is 16.2 Å². The lowest BCUT2D eigenvalue weighted by Crippen LogP contribution is -2.46. The van der Waals surface area contributed by atoms with Crippen molar-refractivity contribution in [3.63, 3.8) is 0 Å². The third-order valence-corrected chi connectivity index (χ3v) is 7.88. The van der Waals surface area contributed by atoms with E-state index in [2.05, 4.69) is 5.43 Å². The second kappa shape index (κ2) is 13.1. The van der Waals surface area contributed by atoms with Gasteiger partial charge in [0.2, 0.25) is 0 Å². The van der Waals surface area contributed by atoms with E-state index in [1.165, 1.54) is 36.4 Å². The molecule has 0 radical (unpaired) electrons. The average molecular weight is 659 g/mol. The molecule has 1 heterocycles. The minimum Gasteiger partial charge on any atom is -0.488 e. The highest BCUT2D eigenvalue weighted by Gasteiger charge is 2.34. The molecular weight excluding hydrogens is 644 g/mol. The third-order valence-electron chi connectivity index (χ3n) is 5.20. The smallest absolute Gasteiger partial charge is 0.285 e. The summed E-state index contributed by atoms with van der Waals surface area (Å²) < 4.78 is 11.3. The van der Waals surface area contributed by atoms with Gasteiger partial charge in [-0.2, -0.15) is 5.01 Å². The number of nitro benzene ring substituents is 1. The first-order valence-electron chi connectivity index (χ1n) is 11.0. The van der Waals surface area contributed by atoms with Crippen LogP contribution in [0.5, 0.6) is 11.5 Å². The van der Waals surface area contributed by atoms with Crippen molar-refractivity contribution in [2.45, 2.75) is 6.61 Å². The number of hydrogen-bond donors (Lipinski definition) is 1. The lowest BCUT2D eigenvalue weighted by molar-refractivity contribution is -0.384. The van der Waals surface area contributed by atoms with Crippen molar-refractivity contribution in [3.05, 3.63) is 101 Å². The zero-order valence-corrected chi connectivity index (χ0v) is 24.5. The molecule has 0 atom stereocenters. The maximum absolute atomic E-state index is 13.1. The molecule has 0 aromatic heterocycles. The molecule has 9 nitrogen and oxygen atoms in total. The summed E-state index contributed by atoms with van der Waals surface area (Å²) in [7, 11) is 0. The fraction of sp³-hybridized carbons (Fsp3) is 0.0800. The predicted octanol–water partition coefficient (Wildman–Crippen LogP) is 7.10. The van der Waals surface area contributed by atoms with Crippen LogP contribution >= 0.6 is 70.4 Å². The molecule has 0 saturated carbocycles. The van der Waals surface area contributed by atoms with Gasteiger partial charge in [-0.1, -0.05) is 76.4 Å². The summed E-state index contributed by atoms with van der Waals surface area (Å²) in [5, 5.41) is 13.3. The van der Waals surface area contributed by atoms with E-state index >= 15 is 0 Å². The van der Waals surface area contributed by atoms with E-state index in [9.17, 15) is 19.7 Å². The second-order valence-corrected chi connectivity index (χ2v) is 11.2. The van der Waals surface area contributed by atoms with Crippen molar-refractivity contribution < 1.29 is 24.0 Å². The van der Waals surface area contributed by atoms with Crippen molar-refractivity contribution in [3.8, 4) is 11.5 Å². The zero-order valence-electron chi connectivity index (χ0n) is 19.9. The van der Waals surface area contributed by atoms with Crippen LogP contribution < -0.4 is 14.9 Å². The largest absolute Gasteiger partial charge is 0.488 e. The number of hydrogen-bond acceptors (Lipinski definition) is 8. The normalized spacial score (nSPS) is 14.0. The first-order chi connectivity index (χ1) is 19.0. The third kappa shape index (κ3) is 7.17. The first-order valence-corrected chi connectivity index (χ1v) is 13.8. The number of nitrogens with zero attached hydrogens (tertiary/aromatic N) is 2. The van der Waals surface area contributed by atoms with Gasteiger partial charge in [0.1, 0.15) is 18.1 Å². The van der Waals surface area contributed by atoms with E-state index in [0.717, 1.165) is 16.8 Å². The number of benzene rings is 3. The van der Waals surface area contributed by atoms with Gasteiger partial charge in [0.05, 0.1) is 24.9 Å². The van der Waals surface area contributed by atoms with E-state index in [4.69, 9.17) is 68.1 Å². The monoisotopic (exact) mass is 657 g/mol. The molecular formula is C25H15Cl4N3O6S2. The van der Waals surface area contributed by atoms with Crippen LogP contribution in [0.3, 0.4) is 0 Å². The van der Waals surface area contributed by atoms with Gasteiger partial charge in [-0.25, -0.2) is 0 Å². The Labute approximate surface area is 257 Å². The summed E-state index contributed by atoms with van der Waals surface area (Å²) in [5.41, 5.74) is 3.11. The van der Waals surface area contributed by atoms with E-state index < -0.39 is 23.3 Å². The number of thiocarbonyl (C=S) groups is 1. The van der Waals surface area contributed by atoms with E-state index in [0.29, 0.717) is 10.6 Å². The Morgan fingerprint density at radius 2 is 1.73 bits per heavy atom. The molecule has 1 fully saturated rings. The van der Waals surface area contributed by atoms with Gasteiger partial charge in [-0.05, 0) is 36.5 Å². The Kier molecular flexibility index (Phi) is 9.77. The number of ether oxygens (including phenoxy) is 2. The lowest BCUT2D eigenvalue weighted by atomic mass is 10.1. The maximum Gasteiger partial charge on any atom is 0.285 e. The minimum atomic E-state index is -0.709. The van der Waals surface area contributed by atoms with Gasteiger partial charge in [-0.3, -0.25) is 25.1 Å². The number of carbonyl (C=O) groups is 2. The van der Waals surface area contributed by atoms with Gasteiger partial charge in [0.15, 0.2) is 10.9 Å². The molecule has 0 bridgehead atoms. The van der Waals surface area contributed by atoms with Crippen LogP contribution in [0.25, 0.3) is 6.08 Å². The summed E-state index contributed by atoms with van der Waals surface area (Å²) in [5.74, 6) is -0.975. The Morgan fingerprint density at radius 1 is 1.00 bits per heavy atom. The van der Waals surface area contributed by atoms with Gasteiger partial charge in [0, 0.05) is 34.3 Å². The first kappa shape index (κ1) is 29.9. The number of nitro groups is 1. The number of amides is 2. The molecule has 0 spiro atoms. The SMILES string of the molecule is O=C(COc1cc(Cl)c(Cl)cc1Cl)NN1C(=O)/C(=C/c2cc([N+](=O)[O-])ccc2OCc2ccccc2Cl)SC1=S. The number of non-ortho nitro benzene ring substituents is 1. The van der Waals surface area contributed by atoms with Crippen LogP contribution in [-0.4, -0.2) is 32.7 Å². The van der Waals surface area contributed by atoms with Crippen LogP contribution in [0.1, 0.15) is 11.1 Å². The fourth-order valence-electron chi connectivity index (χ4n) is 3.29. The van der Waals surface area contributed by atoms with Crippen molar-refractivity contribution in [2.24, 2.45) is 0 Å². The van der Waals surface area contributed by atoms with Crippen LogP contribution in [0.2, 0.25) is 20.1 Å². The number of carbonyl (C=O) groups excluding carboxylic acids is 2. The standard InChI is InChI=1S/C25H15Cl4N3O6S2/c26-16-4-2-1-3-13(16)11-37-20-6-5-15(32(35)36)7-14(20)8-22-24(34)31(25(39)40-22)30-23(33)12-38-21-10-18(28)17(27)9-19(21)29/h1-10H,11-12H2,(H,30,33)/b22-8-. The molecule has 15 heteroatoms. The molecule has 0 unspecified atom stereocenters. The minimum absolute atomic E-state index is 0.0288. The number of rotatable bonds is 9. The highest BCUT2D eigenvalue weighted by atomic mass is 35.5. The summed E-state index contributed by atoms with van der Waals surface area (Å²) in [6.07, 6.45) is 1.40. The van der Waals surface area contributed by atoms with Crippen molar-refractivity contribution >= 4 is 98.3 Å². The van der Waals surface area contributed by atoms with Gasteiger partial charge < -0.3 is 9.47 Å². The highest BCUT2D eigenvalue weighted by Crippen LogP contribution is 2.36. The Hall–Kier alpha value is -3.06. The van der Waals surface area contributed by atoms with Crippen molar-refractivity contribution in [2.75, 3.05) is 6.61 Å². The topological polar surface area (TPSA) is 111 Å². The van der Waals surface area contributed by atoms with Crippen molar-refractivity contribution in [1.29, 1.82) is 0 Å². The molecule has 0 aliphatic carbocycles. The predicted molar refractivity (Wildman–Crippen MR) is 159 cm³/mol. The molecule has 4 rings (SSSR count). The number of thioether (sulfide) groups is 1. The molecule has 1 aliphatic heterocycles. The van der Waals surface area contributed by atoms with E-state index in [-0.39, 0.29) is 53.7 Å². The second-order valence-electron chi connectivity index (χ2n) is 7.90. The zero-order chi connectivity index (χ0) is 29.0. The maximum atomic E-state index is 13.1. The Morgan fingerprint density at radius 3 is 2.45 bits per heavy atom. The molecule has 2 amide bonds. The van der Waals surface area contributed by atoms with E-state index in [1.807, 2.05) is 0 Å². The molecule has 3 aromatic carbocycles. The molecule has 1 N–H and O–H groups in total. The van der Waals surface area contributed by atoms with Gasteiger partial charge >= 0.3 is 0 Å². The summed E-state index contributed by atoms with van der Waals surface area (Å²) >= 11 is 30.2. The van der Waals surface area contributed by atoms with E-state index in [1.54, 1.807) is 24.3 Å². The average Bonchev–Trinajstić information content (AvgIpc) is 3.17. The van der Waals surface area contributed by atoms with Crippen LogP contribution in [0, 0.1) is 10.1 Å². The van der Waals surface area contributed by atoms with Gasteiger partial charge in [0.25, 0.3) is 17.5 Å². The molecule has 3 aromatic rings. The molecule has 1 saturated heterocycles. The highest BCUT2D eigenvalue weighted by molar-refractivity contribution is 8.26. The summed E-state index contributed by atoms with van der Waals surface area (Å²) in [4.78, 5) is 36.5. The summed E-state index contributed by atoms with van der Waals surface area (Å²) in [6.45, 7) is -0.434. The fourth-order valence-corrected chi connectivity index (χ4v) is 5.24. The van der Waals surface area contributed by atoms with Crippen LogP contribution in [0.15, 0.2) is 59.5 Å². The van der Waals surface area contributed by atoms with Gasteiger partial charge in [-0.15, -0.1) is 0 Å².